The van der Waals surface area contributed by atoms with Crippen molar-refractivity contribution in [3.8, 4) is 17.2 Å². The van der Waals surface area contributed by atoms with Crippen LogP contribution in [-0.2, 0) is 0 Å². The van der Waals surface area contributed by atoms with Crippen molar-refractivity contribution in [2.75, 3.05) is 7.11 Å². The van der Waals surface area contributed by atoms with Gasteiger partial charge in [-0.1, -0.05) is 17.7 Å². The van der Waals surface area contributed by atoms with Gasteiger partial charge >= 0.3 is 5.69 Å². The van der Waals surface area contributed by atoms with Crippen LogP contribution in [0.3, 0.4) is 0 Å². The highest BCUT2D eigenvalue weighted by Crippen LogP contribution is 2.42. The molecule has 0 aliphatic rings. The molecule has 0 spiro atoms. The topological polar surface area (TPSA) is 117 Å². The molecule has 9 nitrogen and oxygen atoms in total. The minimum atomic E-state index is -0.753. The van der Waals surface area contributed by atoms with Crippen molar-refractivity contribution < 1.29 is 19.3 Å². The monoisotopic (exact) mass is 519 g/mol. The molecule has 3 aromatic carbocycles. The summed E-state index contributed by atoms with van der Waals surface area (Å²) in [7, 11) is 1.42. The van der Waals surface area contributed by atoms with E-state index in [4.69, 9.17) is 21.1 Å². The van der Waals surface area contributed by atoms with Crippen LogP contribution in [0.2, 0.25) is 5.02 Å². The summed E-state index contributed by atoms with van der Waals surface area (Å²) < 4.78 is 11.5. The Labute approximate surface area is 195 Å². The third-order valence-electron chi connectivity index (χ3n) is 4.34. The van der Waals surface area contributed by atoms with Crippen molar-refractivity contribution in [3.63, 3.8) is 0 Å². The molecule has 0 radical (unpaired) electrons. The molecule has 3 aromatic rings. The summed E-state index contributed by atoms with van der Waals surface area (Å²) >= 11 is 9.41. The number of nitrogens with zero attached hydrogens (tertiary/aromatic N) is 3. The second-order valence-electron chi connectivity index (χ2n) is 6.49. The van der Waals surface area contributed by atoms with Crippen LogP contribution in [0.1, 0.15) is 11.1 Å². The van der Waals surface area contributed by atoms with E-state index in [2.05, 4.69) is 20.9 Å². The number of non-ortho nitro benzene ring substituents is 1. The van der Waals surface area contributed by atoms with Crippen molar-refractivity contribution in [3.05, 3.63) is 89.4 Å². The molecule has 0 amide bonds. The van der Waals surface area contributed by atoms with Gasteiger partial charge < -0.3 is 9.47 Å². The molecule has 0 N–H and O–H groups in total. The fraction of sp³-hybridized carbons (Fsp3) is 0.0952. The van der Waals surface area contributed by atoms with Gasteiger partial charge in [-0.05, 0) is 64.3 Å². The highest BCUT2D eigenvalue weighted by atomic mass is 79.9. The van der Waals surface area contributed by atoms with Crippen LogP contribution >= 0.6 is 27.5 Å². The number of nitro groups is 2. The zero-order valence-corrected chi connectivity index (χ0v) is 19.1. The van der Waals surface area contributed by atoms with Gasteiger partial charge in [0.15, 0.2) is 11.5 Å². The largest absolute Gasteiger partial charge is 0.493 e. The average Bonchev–Trinajstić information content (AvgIpc) is 2.75. The smallest absolute Gasteiger partial charge is 0.318 e. The molecular formula is C21H15BrClN3O6. The number of rotatable bonds is 7. The van der Waals surface area contributed by atoms with Gasteiger partial charge in [-0.25, -0.2) is 0 Å². The Kier molecular flexibility index (Phi) is 7.06. The summed E-state index contributed by atoms with van der Waals surface area (Å²) in [6.45, 7) is 1.91. The van der Waals surface area contributed by atoms with Crippen LogP contribution in [0.5, 0.6) is 17.2 Å². The summed E-state index contributed by atoms with van der Waals surface area (Å²) in [5.74, 6) is 0.271. The van der Waals surface area contributed by atoms with Crippen molar-refractivity contribution in [2.45, 2.75) is 6.92 Å². The molecule has 0 saturated carbocycles. The Morgan fingerprint density at radius 3 is 2.44 bits per heavy atom. The minimum Gasteiger partial charge on any atom is -0.493 e. The molecule has 3 rings (SSSR count). The maximum atomic E-state index is 11.4. The third-order valence-corrected chi connectivity index (χ3v) is 5.16. The summed E-state index contributed by atoms with van der Waals surface area (Å²) in [4.78, 5) is 25.3. The van der Waals surface area contributed by atoms with E-state index >= 15 is 0 Å². The first-order valence-corrected chi connectivity index (χ1v) is 10.1. The predicted octanol–water partition coefficient (Wildman–Crippen LogP) is 6.78. The number of hydrogen-bond acceptors (Lipinski definition) is 7. The highest BCUT2D eigenvalue weighted by molar-refractivity contribution is 9.10. The lowest BCUT2D eigenvalue weighted by atomic mass is 10.2. The summed E-state index contributed by atoms with van der Waals surface area (Å²) in [5, 5.41) is 22.9. The van der Waals surface area contributed by atoms with Gasteiger partial charge in [0.1, 0.15) is 0 Å². The Bertz CT molecular complexity index is 1250. The molecule has 0 saturated heterocycles. The fourth-order valence-electron chi connectivity index (χ4n) is 2.74. The molecule has 11 heteroatoms. The van der Waals surface area contributed by atoms with Gasteiger partial charge in [0, 0.05) is 17.3 Å². The maximum absolute atomic E-state index is 11.4. The lowest BCUT2D eigenvalue weighted by Crippen LogP contribution is -1.98. The van der Waals surface area contributed by atoms with Crippen molar-refractivity contribution in [1.82, 2.24) is 0 Å². The van der Waals surface area contributed by atoms with Crippen molar-refractivity contribution >= 4 is 50.8 Å². The SMILES string of the molecule is COc1cc(C=Nc2cc(Cl)ccc2C)cc(Br)c1Oc1ccc([N+](=O)[O-])cc1[N+](=O)[O-]. The first kappa shape index (κ1) is 23.2. The first-order valence-electron chi connectivity index (χ1n) is 8.98. The Morgan fingerprint density at radius 1 is 1.03 bits per heavy atom. The van der Waals surface area contributed by atoms with Crippen LogP contribution in [-0.4, -0.2) is 23.2 Å². The van der Waals surface area contributed by atoms with E-state index in [9.17, 15) is 20.2 Å². The number of nitro benzene ring substituents is 2. The Hall–Kier alpha value is -3.50. The van der Waals surface area contributed by atoms with Crippen LogP contribution in [0.4, 0.5) is 17.1 Å². The number of methoxy groups -OCH3 is 1. The quantitative estimate of drug-likeness (QED) is 0.192. The molecule has 0 aromatic heterocycles. The molecule has 0 aliphatic carbocycles. The van der Waals surface area contributed by atoms with Gasteiger partial charge in [0.05, 0.1) is 33.2 Å². The number of halogens is 2. The second-order valence-corrected chi connectivity index (χ2v) is 7.78. The van der Waals surface area contributed by atoms with Crippen LogP contribution in [0.25, 0.3) is 0 Å². The average molecular weight is 521 g/mol. The van der Waals surface area contributed by atoms with Crippen LogP contribution in [0, 0.1) is 27.2 Å². The van der Waals surface area contributed by atoms with Gasteiger partial charge in [-0.3, -0.25) is 25.2 Å². The highest BCUT2D eigenvalue weighted by Gasteiger charge is 2.23. The van der Waals surface area contributed by atoms with E-state index in [1.165, 1.54) is 13.2 Å². The van der Waals surface area contributed by atoms with E-state index < -0.39 is 21.2 Å². The number of aliphatic imine (C=N–C) groups is 1. The maximum Gasteiger partial charge on any atom is 0.318 e. The van der Waals surface area contributed by atoms with E-state index in [0.29, 0.717) is 20.7 Å². The fourth-order valence-corrected chi connectivity index (χ4v) is 3.44. The molecule has 0 fully saturated rings. The third kappa shape index (κ3) is 5.21. The van der Waals surface area contributed by atoms with Gasteiger partial charge in [0.2, 0.25) is 5.75 Å². The second kappa shape index (κ2) is 9.75. The standard InChI is InChI=1S/C21H15BrClN3O6/c1-12-3-4-14(23)9-17(12)24-11-13-7-16(22)21(20(8-13)31-2)32-19-6-5-15(25(27)28)10-18(19)26(29)30/h3-11H,1-2H3. The van der Waals surface area contributed by atoms with E-state index in [1.54, 1.807) is 30.5 Å². The summed E-state index contributed by atoms with van der Waals surface area (Å²) in [5.41, 5.74) is 1.35. The van der Waals surface area contributed by atoms with Crippen molar-refractivity contribution in [2.24, 2.45) is 4.99 Å². The summed E-state index contributed by atoms with van der Waals surface area (Å²) in [6, 6.07) is 11.8. The molecule has 0 aliphatic heterocycles. The van der Waals surface area contributed by atoms with E-state index in [-0.39, 0.29) is 17.2 Å². The molecule has 32 heavy (non-hydrogen) atoms. The number of ether oxygens (including phenoxy) is 2. The Balaban J connectivity index is 1.97. The lowest BCUT2D eigenvalue weighted by molar-refractivity contribution is -0.394. The molecule has 0 unspecified atom stereocenters. The van der Waals surface area contributed by atoms with Crippen LogP contribution in [0.15, 0.2) is 58.0 Å². The minimum absolute atomic E-state index is 0.167. The zero-order valence-electron chi connectivity index (χ0n) is 16.7. The van der Waals surface area contributed by atoms with Crippen molar-refractivity contribution in [1.29, 1.82) is 0 Å². The van der Waals surface area contributed by atoms with E-state index in [1.807, 2.05) is 13.0 Å². The lowest BCUT2D eigenvalue weighted by Gasteiger charge is -2.13. The van der Waals surface area contributed by atoms with Gasteiger partial charge in [-0.2, -0.15) is 0 Å². The molecule has 0 bridgehead atoms. The number of hydrogen-bond donors (Lipinski definition) is 0. The molecule has 0 heterocycles. The van der Waals surface area contributed by atoms with E-state index in [0.717, 1.165) is 17.7 Å². The predicted molar refractivity (Wildman–Crippen MR) is 124 cm³/mol. The molecule has 0 atom stereocenters. The van der Waals surface area contributed by atoms with Gasteiger partial charge in [-0.15, -0.1) is 0 Å². The number of aryl methyl sites for hydroxylation is 1. The normalized spacial score (nSPS) is 10.9. The zero-order chi connectivity index (χ0) is 23.4. The first-order chi connectivity index (χ1) is 15.2. The molecule has 164 valence electrons. The molecular weight excluding hydrogens is 506 g/mol. The summed E-state index contributed by atoms with van der Waals surface area (Å²) in [6.07, 6.45) is 1.62. The number of benzene rings is 3. The van der Waals surface area contributed by atoms with Gasteiger partial charge in [0.25, 0.3) is 5.69 Å². The van der Waals surface area contributed by atoms with Crippen LogP contribution < -0.4 is 9.47 Å². The Morgan fingerprint density at radius 2 is 1.78 bits per heavy atom.